The molecule has 0 aromatic heterocycles. The van der Waals surface area contributed by atoms with Crippen LogP contribution >= 0.6 is 15.9 Å². The lowest BCUT2D eigenvalue weighted by molar-refractivity contribution is 0.146. The van der Waals surface area contributed by atoms with E-state index in [-0.39, 0.29) is 0 Å². The normalized spacial score (nSPS) is 21.8. The molecule has 66 valence electrons. The third-order valence-corrected chi connectivity index (χ3v) is 3.67. The summed E-state index contributed by atoms with van der Waals surface area (Å²) in [6.45, 7) is 3.54. The molecule has 0 amide bonds. The minimum atomic E-state index is 0.792. The summed E-state index contributed by atoms with van der Waals surface area (Å²) in [5.41, 5.74) is 0. The maximum atomic E-state index is 3.51. The van der Waals surface area contributed by atoms with Crippen LogP contribution in [0.25, 0.3) is 0 Å². The van der Waals surface area contributed by atoms with Crippen LogP contribution in [0.1, 0.15) is 26.2 Å². The van der Waals surface area contributed by atoms with Crippen molar-refractivity contribution in [2.24, 2.45) is 5.92 Å². The fourth-order valence-electron chi connectivity index (χ4n) is 1.52. The summed E-state index contributed by atoms with van der Waals surface area (Å²) in [6.07, 6.45) is 4.29. The van der Waals surface area contributed by atoms with E-state index < -0.39 is 0 Å². The topological polar surface area (TPSA) is 3.24 Å². The molecule has 1 unspecified atom stereocenters. The van der Waals surface area contributed by atoms with Gasteiger partial charge in [-0.25, -0.2) is 0 Å². The monoisotopic (exact) mass is 219 g/mol. The van der Waals surface area contributed by atoms with E-state index in [1.54, 1.807) is 0 Å². The average Bonchev–Trinajstić information content (AvgIpc) is 1.83. The molecule has 2 heteroatoms. The fourth-order valence-corrected chi connectivity index (χ4v) is 1.72. The van der Waals surface area contributed by atoms with Crippen molar-refractivity contribution in [2.75, 3.05) is 18.9 Å². The Balaban J connectivity index is 2.13. The first kappa shape index (κ1) is 9.53. The molecule has 0 aromatic rings. The van der Waals surface area contributed by atoms with E-state index in [0.717, 1.165) is 17.3 Å². The third-order valence-electron chi connectivity index (χ3n) is 2.56. The van der Waals surface area contributed by atoms with E-state index >= 15 is 0 Å². The smallest absolute Gasteiger partial charge is 0.00923 e. The molecule has 0 aromatic carbocycles. The van der Waals surface area contributed by atoms with Crippen molar-refractivity contribution in [3.63, 3.8) is 0 Å². The Morgan fingerprint density at radius 1 is 1.55 bits per heavy atom. The molecule has 0 saturated heterocycles. The second kappa shape index (κ2) is 4.46. The van der Waals surface area contributed by atoms with Crippen LogP contribution in [0, 0.1) is 5.92 Å². The van der Waals surface area contributed by atoms with Crippen molar-refractivity contribution in [1.29, 1.82) is 0 Å². The van der Waals surface area contributed by atoms with Gasteiger partial charge in [0.1, 0.15) is 0 Å². The zero-order valence-corrected chi connectivity index (χ0v) is 9.10. The SMILES string of the molecule is CC(CBr)CN(C)C1CCC1. The Kier molecular flexibility index (Phi) is 3.86. The minimum absolute atomic E-state index is 0.792. The van der Waals surface area contributed by atoms with Crippen molar-refractivity contribution < 1.29 is 0 Å². The highest BCUT2D eigenvalue weighted by atomic mass is 79.9. The molecule has 0 heterocycles. The van der Waals surface area contributed by atoms with Gasteiger partial charge in [-0.15, -0.1) is 0 Å². The van der Waals surface area contributed by atoms with Gasteiger partial charge in [-0.1, -0.05) is 29.3 Å². The van der Waals surface area contributed by atoms with Gasteiger partial charge < -0.3 is 4.90 Å². The molecule has 1 fully saturated rings. The minimum Gasteiger partial charge on any atom is -0.303 e. The van der Waals surface area contributed by atoms with E-state index in [4.69, 9.17) is 0 Å². The molecule has 1 aliphatic carbocycles. The van der Waals surface area contributed by atoms with E-state index in [9.17, 15) is 0 Å². The first-order valence-electron chi connectivity index (χ1n) is 4.50. The highest BCUT2D eigenvalue weighted by Gasteiger charge is 2.22. The maximum Gasteiger partial charge on any atom is 0.00923 e. The van der Waals surface area contributed by atoms with Crippen LogP contribution in [-0.2, 0) is 0 Å². The van der Waals surface area contributed by atoms with Gasteiger partial charge in [0.15, 0.2) is 0 Å². The molecule has 1 atom stereocenters. The van der Waals surface area contributed by atoms with E-state index in [2.05, 4.69) is 34.8 Å². The van der Waals surface area contributed by atoms with Crippen LogP contribution in [0.4, 0.5) is 0 Å². The second-order valence-electron chi connectivity index (χ2n) is 3.78. The molecule has 0 radical (unpaired) electrons. The van der Waals surface area contributed by atoms with Crippen LogP contribution in [-0.4, -0.2) is 29.9 Å². The first-order valence-corrected chi connectivity index (χ1v) is 5.62. The van der Waals surface area contributed by atoms with Crippen LogP contribution in [0.5, 0.6) is 0 Å². The summed E-state index contributed by atoms with van der Waals surface area (Å²) in [7, 11) is 2.25. The van der Waals surface area contributed by atoms with E-state index in [0.29, 0.717) is 0 Å². The standard InChI is InChI=1S/C9H18BrN/c1-8(6-10)7-11(2)9-4-3-5-9/h8-9H,3-7H2,1-2H3. The van der Waals surface area contributed by atoms with Crippen molar-refractivity contribution in [3.05, 3.63) is 0 Å². The molecular formula is C9H18BrN. The van der Waals surface area contributed by atoms with Crippen molar-refractivity contribution in [2.45, 2.75) is 32.2 Å². The number of nitrogens with zero attached hydrogens (tertiary/aromatic N) is 1. The molecule has 0 spiro atoms. The number of hydrogen-bond donors (Lipinski definition) is 0. The van der Waals surface area contributed by atoms with Gasteiger partial charge in [0.2, 0.25) is 0 Å². The predicted octanol–water partition coefficient (Wildman–Crippen LogP) is 2.50. The Labute approximate surface area is 78.3 Å². The van der Waals surface area contributed by atoms with Gasteiger partial charge in [0, 0.05) is 17.9 Å². The zero-order chi connectivity index (χ0) is 8.27. The van der Waals surface area contributed by atoms with Gasteiger partial charge in [-0.05, 0) is 25.8 Å². The summed E-state index contributed by atoms with van der Waals surface area (Å²) in [4.78, 5) is 2.51. The first-order chi connectivity index (χ1) is 5.24. The summed E-state index contributed by atoms with van der Waals surface area (Å²) in [5, 5.41) is 1.13. The Morgan fingerprint density at radius 2 is 2.18 bits per heavy atom. The average molecular weight is 220 g/mol. The number of rotatable bonds is 4. The van der Waals surface area contributed by atoms with Gasteiger partial charge >= 0.3 is 0 Å². The molecule has 1 rings (SSSR count). The van der Waals surface area contributed by atoms with Gasteiger partial charge in [0.25, 0.3) is 0 Å². The van der Waals surface area contributed by atoms with Crippen molar-refractivity contribution in [1.82, 2.24) is 4.90 Å². The van der Waals surface area contributed by atoms with Crippen LogP contribution in [0.15, 0.2) is 0 Å². The van der Waals surface area contributed by atoms with Gasteiger partial charge in [0.05, 0.1) is 0 Å². The van der Waals surface area contributed by atoms with E-state index in [1.165, 1.54) is 25.8 Å². The number of alkyl halides is 1. The molecular weight excluding hydrogens is 202 g/mol. The summed E-state index contributed by atoms with van der Waals surface area (Å²) in [5.74, 6) is 0.792. The molecule has 0 aliphatic heterocycles. The predicted molar refractivity (Wildman–Crippen MR) is 53.2 cm³/mol. The number of halogens is 1. The van der Waals surface area contributed by atoms with Crippen molar-refractivity contribution in [3.8, 4) is 0 Å². The zero-order valence-electron chi connectivity index (χ0n) is 7.52. The molecule has 1 aliphatic rings. The van der Waals surface area contributed by atoms with Crippen molar-refractivity contribution >= 4 is 15.9 Å². The fraction of sp³-hybridized carbons (Fsp3) is 1.00. The van der Waals surface area contributed by atoms with E-state index in [1.807, 2.05) is 0 Å². The number of hydrogen-bond acceptors (Lipinski definition) is 1. The lowest BCUT2D eigenvalue weighted by Crippen LogP contribution is -2.39. The molecule has 0 N–H and O–H groups in total. The quantitative estimate of drug-likeness (QED) is 0.658. The lowest BCUT2D eigenvalue weighted by Gasteiger charge is -2.35. The highest BCUT2D eigenvalue weighted by molar-refractivity contribution is 9.09. The van der Waals surface area contributed by atoms with Crippen LogP contribution < -0.4 is 0 Å². The lowest BCUT2D eigenvalue weighted by atomic mass is 9.91. The summed E-state index contributed by atoms with van der Waals surface area (Å²) >= 11 is 3.51. The third kappa shape index (κ3) is 2.75. The molecule has 0 bridgehead atoms. The Hall–Kier alpha value is 0.440. The van der Waals surface area contributed by atoms with Gasteiger partial charge in [-0.2, -0.15) is 0 Å². The highest BCUT2D eigenvalue weighted by Crippen LogP contribution is 2.24. The molecule has 1 nitrogen and oxygen atoms in total. The summed E-state index contributed by atoms with van der Waals surface area (Å²) in [6, 6.07) is 0.900. The van der Waals surface area contributed by atoms with Crippen LogP contribution in [0.2, 0.25) is 0 Å². The largest absolute Gasteiger partial charge is 0.303 e. The molecule has 1 saturated carbocycles. The van der Waals surface area contributed by atoms with Crippen LogP contribution in [0.3, 0.4) is 0 Å². The van der Waals surface area contributed by atoms with Gasteiger partial charge in [-0.3, -0.25) is 0 Å². The second-order valence-corrected chi connectivity index (χ2v) is 4.43. The molecule has 11 heavy (non-hydrogen) atoms. The summed E-state index contributed by atoms with van der Waals surface area (Å²) < 4.78 is 0. The maximum absolute atomic E-state index is 3.51. The Bertz CT molecular complexity index is 112. The Morgan fingerprint density at radius 3 is 2.55 bits per heavy atom.